The minimum atomic E-state index is 1.16. The molecule has 0 aromatic heterocycles. The lowest BCUT2D eigenvalue weighted by Crippen LogP contribution is -2.13. The van der Waals surface area contributed by atoms with Gasteiger partial charge in [-0.25, -0.2) is 0 Å². The van der Waals surface area contributed by atoms with Crippen LogP contribution in [0.4, 0.5) is 0 Å². The van der Waals surface area contributed by atoms with Crippen LogP contribution in [-0.4, -0.2) is 13.1 Å². The van der Waals surface area contributed by atoms with E-state index in [0.717, 1.165) is 6.54 Å². The molecule has 0 aromatic rings. The van der Waals surface area contributed by atoms with Gasteiger partial charge in [-0.2, -0.15) is 0 Å². The molecule has 1 nitrogen and oxygen atoms in total. The predicted molar refractivity (Wildman–Crippen MR) is 35.9 cm³/mol. The first kappa shape index (κ1) is 5.83. The molecule has 0 atom stereocenters. The first-order chi connectivity index (χ1) is 3.89. The van der Waals surface area contributed by atoms with Gasteiger partial charge in [0.2, 0.25) is 0 Å². The monoisotopic (exact) mass is 111 g/mol. The minimum Gasteiger partial charge on any atom is -0.316 e. The van der Waals surface area contributed by atoms with Crippen molar-refractivity contribution in [3.63, 3.8) is 0 Å². The van der Waals surface area contributed by atoms with E-state index in [4.69, 9.17) is 0 Å². The highest BCUT2D eigenvalue weighted by Gasteiger charge is 1.93. The normalized spacial score (nSPS) is 21.9. The van der Waals surface area contributed by atoms with Gasteiger partial charge in [0.25, 0.3) is 0 Å². The van der Waals surface area contributed by atoms with E-state index in [2.05, 4.69) is 18.3 Å². The SMILES string of the molecule is CC1=CCCNCC1. The number of nitrogens with one attached hydrogen (secondary N) is 1. The van der Waals surface area contributed by atoms with E-state index in [1.54, 1.807) is 0 Å². The number of hydrogen-bond acceptors (Lipinski definition) is 1. The molecule has 1 aliphatic heterocycles. The fraction of sp³-hybridized carbons (Fsp3) is 0.714. The summed E-state index contributed by atoms with van der Waals surface area (Å²) in [6, 6.07) is 0. The van der Waals surface area contributed by atoms with Crippen molar-refractivity contribution in [2.45, 2.75) is 19.8 Å². The van der Waals surface area contributed by atoms with Crippen molar-refractivity contribution in [2.75, 3.05) is 13.1 Å². The third-order valence-corrected chi connectivity index (χ3v) is 1.51. The Labute approximate surface area is 50.8 Å². The molecular weight excluding hydrogens is 98.1 g/mol. The fourth-order valence-corrected chi connectivity index (χ4v) is 0.933. The molecule has 0 saturated carbocycles. The Balaban J connectivity index is 2.36. The van der Waals surface area contributed by atoms with Crippen molar-refractivity contribution in [2.24, 2.45) is 0 Å². The van der Waals surface area contributed by atoms with Crippen LogP contribution in [0.25, 0.3) is 0 Å². The molecule has 1 N–H and O–H groups in total. The van der Waals surface area contributed by atoms with Gasteiger partial charge in [0.15, 0.2) is 0 Å². The summed E-state index contributed by atoms with van der Waals surface area (Å²) in [5.74, 6) is 0. The first-order valence-corrected chi connectivity index (χ1v) is 3.26. The molecule has 0 aliphatic carbocycles. The fourth-order valence-electron chi connectivity index (χ4n) is 0.933. The van der Waals surface area contributed by atoms with Crippen LogP contribution in [0.3, 0.4) is 0 Å². The summed E-state index contributed by atoms with van der Waals surface area (Å²) < 4.78 is 0. The molecular formula is C7H13N. The van der Waals surface area contributed by atoms with Crippen LogP contribution in [-0.2, 0) is 0 Å². The van der Waals surface area contributed by atoms with Crippen molar-refractivity contribution in [3.05, 3.63) is 11.6 Å². The van der Waals surface area contributed by atoms with E-state index in [1.165, 1.54) is 25.0 Å². The van der Waals surface area contributed by atoms with E-state index in [-0.39, 0.29) is 0 Å². The van der Waals surface area contributed by atoms with Gasteiger partial charge >= 0.3 is 0 Å². The maximum absolute atomic E-state index is 3.33. The van der Waals surface area contributed by atoms with E-state index in [0.29, 0.717) is 0 Å². The molecule has 0 spiro atoms. The average molecular weight is 111 g/mol. The lowest BCUT2D eigenvalue weighted by molar-refractivity contribution is 0.710. The zero-order valence-electron chi connectivity index (χ0n) is 5.41. The Morgan fingerprint density at radius 1 is 1.50 bits per heavy atom. The maximum Gasteiger partial charge on any atom is -0.00116 e. The summed E-state index contributed by atoms with van der Waals surface area (Å²) in [5, 5.41) is 3.33. The van der Waals surface area contributed by atoms with Gasteiger partial charge in [-0.3, -0.25) is 0 Å². The molecule has 0 aromatic carbocycles. The second-order valence-electron chi connectivity index (χ2n) is 2.34. The third-order valence-electron chi connectivity index (χ3n) is 1.51. The van der Waals surface area contributed by atoms with Crippen LogP contribution in [0.2, 0.25) is 0 Å². The van der Waals surface area contributed by atoms with E-state index >= 15 is 0 Å². The Morgan fingerprint density at radius 2 is 2.38 bits per heavy atom. The summed E-state index contributed by atoms with van der Waals surface area (Å²) in [7, 11) is 0. The molecule has 1 aliphatic rings. The molecule has 0 radical (unpaired) electrons. The van der Waals surface area contributed by atoms with Gasteiger partial charge < -0.3 is 5.32 Å². The summed E-state index contributed by atoms with van der Waals surface area (Å²) >= 11 is 0. The summed E-state index contributed by atoms with van der Waals surface area (Å²) in [6.45, 7) is 4.53. The van der Waals surface area contributed by atoms with E-state index in [9.17, 15) is 0 Å². The molecule has 1 heteroatoms. The van der Waals surface area contributed by atoms with Gasteiger partial charge in [0.1, 0.15) is 0 Å². The number of hydrogen-bond donors (Lipinski definition) is 1. The molecule has 0 amide bonds. The van der Waals surface area contributed by atoms with Crippen molar-refractivity contribution >= 4 is 0 Å². The topological polar surface area (TPSA) is 12.0 Å². The van der Waals surface area contributed by atoms with Gasteiger partial charge in [-0.1, -0.05) is 11.6 Å². The van der Waals surface area contributed by atoms with Crippen molar-refractivity contribution in [1.82, 2.24) is 5.32 Å². The van der Waals surface area contributed by atoms with Gasteiger partial charge in [0, 0.05) is 0 Å². The van der Waals surface area contributed by atoms with Crippen molar-refractivity contribution in [3.8, 4) is 0 Å². The molecule has 0 fully saturated rings. The van der Waals surface area contributed by atoms with Crippen LogP contribution in [0.15, 0.2) is 11.6 Å². The summed E-state index contributed by atoms with van der Waals surface area (Å²) in [6.07, 6.45) is 4.77. The largest absolute Gasteiger partial charge is 0.316 e. The van der Waals surface area contributed by atoms with Crippen LogP contribution >= 0.6 is 0 Å². The average Bonchev–Trinajstić information content (AvgIpc) is 1.94. The van der Waals surface area contributed by atoms with Crippen LogP contribution < -0.4 is 5.32 Å². The Kier molecular flexibility index (Phi) is 2.10. The number of rotatable bonds is 0. The summed E-state index contributed by atoms with van der Waals surface area (Å²) in [5.41, 5.74) is 1.54. The highest BCUT2D eigenvalue weighted by molar-refractivity contribution is 5.00. The van der Waals surface area contributed by atoms with Crippen LogP contribution in [0.5, 0.6) is 0 Å². The minimum absolute atomic E-state index is 1.16. The Bertz CT molecular complexity index is 94.6. The molecule has 1 rings (SSSR count). The molecule has 46 valence electrons. The molecule has 0 bridgehead atoms. The third kappa shape index (κ3) is 1.66. The van der Waals surface area contributed by atoms with Crippen molar-refractivity contribution in [1.29, 1.82) is 0 Å². The van der Waals surface area contributed by atoms with Gasteiger partial charge in [-0.05, 0) is 32.9 Å². The molecule has 0 saturated heterocycles. The van der Waals surface area contributed by atoms with Crippen molar-refractivity contribution < 1.29 is 0 Å². The highest BCUT2D eigenvalue weighted by atomic mass is 14.8. The molecule has 1 heterocycles. The van der Waals surface area contributed by atoms with Gasteiger partial charge in [0.05, 0.1) is 0 Å². The zero-order valence-corrected chi connectivity index (χ0v) is 5.41. The lowest BCUT2D eigenvalue weighted by Gasteiger charge is -1.94. The highest BCUT2D eigenvalue weighted by Crippen LogP contribution is 2.02. The lowest BCUT2D eigenvalue weighted by atomic mass is 10.2. The van der Waals surface area contributed by atoms with Gasteiger partial charge in [-0.15, -0.1) is 0 Å². The predicted octanol–water partition coefficient (Wildman–Crippen LogP) is 1.32. The summed E-state index contributed by atoms with van der Waals surface area (Å²) in [4.78, 5) is 0. The standard InChI is InChI=1S/C7H13N/c1-7-3-2-5-8-6-4-7/h3,8H,2,4-6H2,1H3. The Morgan fingerprint density at radius 3 is 3.25 bits per heavy atom. The zero-order chi connectivity index (χ0) is 5.82. The van der Waals surface area contributed by atoms with E-state index < -0.39 is 0 Å². The maximum atomic E-state index is 3.33. The van der Waals surface area contributed by atoms with Crippen LogP contribution in [0, 0.1) is 0 Å². The molecule has 8 heavy (non-hydrogen) atoms. The second kappa shape index (κ2) is 2.88. The quantitative estimate of drug-likeness (QED) is 0.465. The van der Waals surface area contributed by atoms with Crippen LogP contribution in [0.1, 0.15) is 19.8 Å². The molecule has 0 unspecified atom stereocenters. The second-order valence-corrected chi connectivity index (χ2v) is 2.34. The first-order valence-electron chi connectivity index (χ1n) is 3.26. The van der Waals surface area contributed by atoms with E-state index in [1.807, 2.05) is 0 Å². The smallest absolute Gasteiger partial charge is 0.00116 e. The Hall–Kier alpha value is -0.300.